The van der Waals surface area contributed by atoms with Crippen LogP contribution in [-0.2, 0) is 9.59 Å². The van der Waals surface area contributed by atoms with Crippen molar-refractivity contribution in [2.24, 2.45) is 11.7 Å². The van der Waals surface area contributed by atoms with Crippen molar-refractivity contribution in [3.63, 3.8) is 0 Å². The molecule has 0 radical (unpaired) electrons. The Morgan fingerprint density at radius 2 is 1.80 bits per heavy atom. The third-order valence-electron chi connectivity index (χ3n) is 2.41. The molecule has 0 saturated carbocycles. The van der Waals surface area contributed by atoms with Gasteiger partial charge in [0.15, 0.2) is 0 Å². The highest BCUT2D eigenvalue weighted by Crippen LogP contribution is 2.09. The molecular formula is C10H20N2O3. The van der Waals surface area contributed by atoms with Crippen LogP contribution < -0.4 is 5.73 Å². The van der Waals surface area contributed by atoms with Gasteiger partial charge in [0.25, 0.3) is 0 Å². The number of nitrogens with two attached hydrogens (primary N) is 1. The Balaban J connectivity index is 4.21. The molecule has 0 saturated heterocycles. The van der Waals surface area contributed by atoms with Crippen LogP contribution in [0.2, 0.25) is 0 Å². The third-order valence-corrected chi connectivity index (χ3v) is 2.41. The Bertz CT molecular complexity index is 199. The van der Waals surface area contributed by atoms with Gasteiger partial charge in [-0.15, -0.1) is 0 Å². The Morgan fingerprint density at radius 3 is 2.13 bits per heavy atom. The highest BCUT2D eigenvalue weighted by Gasteiger charge is 2.15. The van der Waals surface area contributed by atoms with Crippen molar-refractivity contribution in [2.45, 2.75) is 26.7 Å². The van der Waals surface area contributed by atoms with E-state index in [1.54, 1.807) is 4.90 Å². The normalized spacial score (nSPS) is 10.9. The lowest BCUT2D eigenvalue weighted by Gasteiger charge is -2.23. The molecule has 0 aromatic rings. The fourth-order valence-electron chi connectivity index (χ4n) is 1.51. The van der Waals surface area contributed by atoms with E-state index in [4.69, 9.17) is 10.8 Å². The minimum Gasteiger partial charge on any atom is -0.480 e. The molecule has 0 aromatic heterocycles. The first kappa shape index (κ1) is 13.9. The quantitative estimate of drug-likeness (QED) is 0.611. The van der Waals surface area contributed by atoms with Gasteiger partial charge in [0.05, 0.1) is 13.1 Å². The van der Waals surface area contributed by atoms with E-state index in [0.717, 1.165) is 12.8 Å². The molecule has 88 valence electrons. The number of primary amides is 1. The Kier molecular flexibility index (Phi) is 6.70. The van der Waals surface area contributed by atoms with E-state index in [1.807, 2.05) is 0 Å². The number of rotatable bonds is 8. The summed E-state index contributed by atoms with van der Waals surface area (Å²) in [5.74, 6) is -0.992. The maximum atomic E-state index is 10.7. The van der Waals surface area contributed by atoms with Gasteiger partial charge in [-0.25, -0.2) is 0 Å². The van der Waals surface area contributed by atoms with Gasteiger partial charge < -0.3 is 10.8 Å². The SMILES string of the molecule is CCC(CC)CN(CC(N)=O)CC(=O)O. The molecule has 0 spiro atoms. The molecule has 0 aliphatic carbocycles. The molecule has 5 nitrogen and oxygen atoms in total. The molecule has 1 amide bonds. The number of nitrogens with zero attached hydrogens (tertiary/aromatic N) is 1. The molecule has 15 heavy (non-hydrogen) atoms. The zero-order chi connectivity index (χ0) is 11.8. The Morgan fingerprint density at radius 1 is 1.27 bits per heavy atom. The maximum absolute atomic E-state index is 10.7. The molecule has 3 N–H and O–H groups in total. The van der Waals surface area contributed by atoms with Gasteiger partial charge in [-0.3, -0.25) is 14.5 Å². The summed E-state index contributed by atoms with van der Waals surface area (Å²) in [5, 5.41) is 8.66. The zero-order valence-electron chi connectivity index (χ0n) is 9.40. The lowest BCUT2D eigenvalue weighted by molar-refractivity contribution is -0.138. The first-order chi connectivity index (χ1) is 6.99. The number of hydrogen-bond acceptors (Lipinski definition) is 3. The van der Waals surface area contributed by atoms with E-state index in [9.17, 15) is 9.59 Å². The van der Waals surface area contributed by atoms with Crippen LogP contribution in [0.1, 0.15) is 26.7 Å². The lowest BCUT2D eigenvalue weighted by atomic mass is 10.0. The van der Waals surface area contributed by atoms with E-state index in [2.05, 4.69) is 13.8 Å². The second kappa shape index (κ2) is 7.23. The molecule has 0 rings (SSSR count). The van der Waals surface area contributed by atoms with Gasteiger partial charge >= 0.3 is 5.97 Å². The van der Waals surface area contributed by atoms with E-state index < -0.39 is 11.9 Å². The number of carboxylic acids is 1. The molecule has 0 aliphatic rings. The standard InChI is InChI=1S/C10H20N2O3/c1-3-8(4-2)5-12(6-9(11)13)7-10(14)15/h8H,3-7H2,1-2H3,(H2,11,13)(H,14,15). The summed E-state index contributed by atoms with van der Waals surface area (Å²) >= 11 is 0. The predicted molar refractivity (Wildman–Crippen MR) is 57.3 cm³/mol. The second-order valence-electron chi connectivity index (χ2n) is 3.71. The summed E-state index contributed by atoms with van der Waals surface area (Å²) < 4.78 is 0. The van der Waals surface area contributed by atoms with E-state index in [1.165, 1.54) is 0 Å². The average Bonchev–Trinajstić information content (AvgIpc) is 2.11. The number of carbonyl (C=O) groups is 2. The van der Waals surface area contributed by atoms with Gasteiger partial charge in [-0.2, -0.15) is 0 Å². The van der Waals surface area contributed by atoms with Crippen LogP contribution in [0.4, 0.5) is 0 Å². The summed E-state index contributed by atoms with van der Waals surface area (Å²) in [5.41, 5.74) is 5.05. The molecule has 0 aromatic carbocycles. The first-order valence-corrected chi connectivity index (χ1v) is 5.22. The number of hydrogen-bond donors (Lipinski definition) is 2. The predicted octanol–water partition coefficient (Wildman–Crippen LogP) is 0.295. The summed E-state index contributed by atoms with van der Waals surface area (Å²) in [6, 6.07) is 0. The topological polar surface area (TPSA) is 83.6 Å². The van der Waals surface area contributed by atoms with Crippen LogP contribution in [0, 0.1) is 5.92 Å². The van der Waals surface area contributed by atoms with Crippen LogP contribution in [0.3, 0.4) is 0 Å². The molecule has 0 atom stereocenters. The molecule has 0 unspecified atom stereocenters. The van der Waals surface area contributed by atoms with Crippen LogP contribution in [-0.4, -0.2) is 41.5 Å². The molecule has 0 aliphatic heterocycles. The average molecular weight is 216 g/mol. The Hall–Kier alpha value is -1.10. The molecule has 0 heterocycles. The first-order valence-electron chi connectivity index (χ1n) is 5.22. The van der Waals surface area contributed by atoms with E-state index >= 15 is 0 Å². The van der Waals surface area contributed by atoms with E-state index in [-0.39, 0.29) is 13.1 Å². The number of carbonyl (C=O) groups excluding carboxylic acids is 1. The van der Waals surface area contributed by atoms with Crippen molar-refractivity contribution in [3.8, 4) is 0 Å². The molecule has 0 fully saturated rings. The summed E-state index contributed by atoms with van der Waals surface area (Å²) in [7, 11) is 0. The lowest BCUT2D eigenvalue weighted by Crippen LogP contribution is -2.40. The van der Waals surface area contributed by atoms with Crippen molar-refractivity contribution in [1.29, 1.82) is 0 Å². The highest BCUT2D eigenvalue weighted by atomic mass is 16.4. The van der Waals surface area contributed by atoms with Crippen LogP contribution >= 0.6 is 0 Å². The Labute approximate surface area is 90.2 Å². The fourth-order valence-corrected chi connectivity index (χ4v) is 1.51. The maximum Gasteiger partial charge on any atom is 0.317 e. The number of amides is 1. The largest absolute Gasteiger partial charge is 0.480 e. The minimum atomic E-state index is -0.929. The summed E-state index contributed by atoms with van der Waals surface area (Å²) in [6.45, 7) is 4.61. The van der Waals surface area contributed by atoms with Crippen molar-refractivity contribution < 1.29 is 14.7 Å². The second-order valence-corrected chi connectivity index (χ2v) is 3.71. The van der Waals surface area contributed by atoms with Gasteiger partial charge in [0.1, 0.15) is 0 Å². The molecule has 0 bridgehead atoms. The van der Waals surface area contributed by atoms with Gasteiger partial charge in [0.2, 0.25) is 5.91 Å². The van der Waals surface area contributed by atoms with Crippen molar-refractivity contribution >= 4 is 11.9 Å². The highest BCUT2D eigenvalue weighted by molar-refractivity contribution is 5.77. The van der Waals surface area contributed by atoms with Crippen LogP contribution in [0.5, 0.6) is 0 Å². The molecule has 5 heteroatoms. The van der Waals surface area contributed by atoms with Gasteiger partial charge in [0, 0.05) is 6.54 Å². The summed E-state index contributed by atoms with van der Waals surface area (Å²) in [4.78, 5) is 22.9. The van der Waals surface area contributed by atoms with E-state index in [0.29, 0.717) is 12.5 Å². The van der Waals surface area contributed by atoms with Crippen molar-refractivity contribution in [3.05, 3.63) is 0 Å². The number of aliphatic carboxylic acids is 1. The summed E-state index contributed by atoms with van der Waals surface area (Å²) in [6.07, 6.45) is 1.96. The van der Waals surface area contributed by atoms with Gasteiger partial charge in [-0.1, -0.05) is 26.7 Å². The van der Waals surface area contributed by atoms with Crippen LogP contribution in [0.25, 0.3) is 0 Å². The third kappa shape index (κ3) is 6.90. The van der Waals surface area contributed by atoms with Gasteiger partial charge in [-0.05, 0) is 5.92 Å². The van der Waals surface area contributed by atoms with Crippen molar-refractivity contribution in [1.82, 2.24) is 4.90 Å². The zero-order valence-corrected chi connectivity index (χ0v) is 9.40. The smallest absolute Gasteiger partial charge is 0.317 e. The molecular weight excluding hydrogens is 196 g/mol. The van der Waals surface area contributed by atoms with Crippen molar-refractivity contribution in [2.75, 3.05) is 19.6 Å². The number of carboxylic acid groups (broad SMARTS) is 1. The minimum absolute atomic E-state index is 0.0167. The fraction of sp³-hybridized carbons (Fsp3) is 0.800. The van der Waals surface area contributed by atoms with Crippen LogP contribution in [0.15, 0.2) is 0 Å². The monoisotopic (exact) mass is 216 g/mol.